The number of nitrogens with one attached hydrogen (secondary N) is 2. The average Bonchev–Trinajstić information content (AvgIpc) is 3.25. The predicted molar refractivity (Wildman–Crippen MR) is 76.2 cm³/mol. The second kappa shape index (κ2) is 4.73. The monoisotopic (exact) mass is 286 g/mol. The zero-order valence-corrected chi connectivity index (χ0v) is 11.2. The molecule has 0 unspecified atom stereocenters. The molecule has 0 radical (unpaired) electrons. The Morgan fingerprint density at radius 3 is 2.67 bits per heavy atom. The summed E-state index contributed by atoms with van der Waals surface area (Å²) in [6.07, 6.45) is 1.14. The first kappa shape index (κ1) is 13.4. The average molecular weight is 286 g/mol. The molecule has 3 rings (SSSR count). The molecule has 1 aliphatic rings. The van der Waals surface area contributed by atoms with Gasteiger partial charge in [-0.25, -0.2) is 0 Å². The van der Waals surface area contributed by atoms with Crippen molar-refractivity contribution < 1.29 is 14.7 Å². The molecule has 1 fully saturated rings. The smallest absolute Gasteiger partial charge is 0.311 e. The van der Waals surface area contributed by atoms with Crippen LogP contribution in [-0.2, 0) is 4.79 Å². The largest absolute Gasteiger partial charge is 0.481 e. The summed E-state index contributed by atoms with van der Waals surface area (Å²) in [6, 6.07) is 8.23. The summed E-state index contributed by atoms with van der Waals surface area (Å²) < 4.78 is 0. The SMILES string of the molecule is O=C(NCC1(C(=O)O)CC1)c1cc(=O)[nH]c2ccccc12. The van der Waals surface area contributed by atoms with Crippen molar-refractivity contribution in [3.8, 4) is 0 Å². The number of para-hydroxylation sites is 1. The highest BCUT2D eigenvalue weighted by Crippen LogP contribution is 2.45. The molecule has 3 N–H and O–H groups in total. The van der Waals surface area contributed by atoms with Gasteiger partial charge in [0.25, 0.3) is 5.91 Å². The molecule has 1 aromatic carbocycles. The minimum Gasteiger partial charge on any atom is -0.481 e. The topological polar surface area (TPSA) is 99.3 Å². The van der Waals surface area contributed by atoms with Crippen LogP contribution >= 0.6 is 0 Å². The normalized spacial score (nSPS) is 15.6. The molecule has 0 atom stereocenters. The summed E-state index contributed by atoms with van der Waals surface area (Å²) in [5.41, 5.74) is -0.351. The number of fused-ring (bicyclic) bond motifs is 1. The predicted octanol–water partition coefficient (Wildman–Crippen LogP) is 1.12. The van der Waals surface area contributed by atoms with E-state index in [2.05, 4.69) is 10.3 Å². The maximum atomic E-state index is 12.3. The zero-order valence-electron chi connectivity index (χ0n) is 11.2. The Morgan fingerprint density at radius 2 is 2.00 bits per heavy atom. The van der Waals surface area contributed by atoms with E-state index in [1.54, 1.807) is 24.3 Å². The number of carbonyl (C=O) groups excluding carboxylic acids is 1. The Labute approximate surface area is 119 Å². The van der Waals surface area contributed by atoms with Crippen LogP contribution < -0.4 is 10.9 Å². The Bertz CT molecular complexity index is 790. The number of carboxylic acids is 1. The molecule has 1 aromatic heterocycles. The van der Waals surface area contributed by atoms with Crippen molar-refractivity contribution in [1.29, 1.82) is 0 Å². The molecule has 0 aliphatic heterocycles. The van der Waals surface area contributed by atoms with Crippen LogP contribution in [0.25, 0.3) is 10.9 Å². The van der Waals surface area contributed by atoms with Gasteiger partial charge in [0.2, 0.25) is 5.56 Å². The van der Waals surface area contributed by atoms with Crippen molar-refractivity contribution in [3.05, 3.63) is 46.2 Å². The fourth-order valence-electron chi connectivity index (χ4n) is 2.35. The summed E-state index contributed by atoms with van der Waals surface area (Å²) in [4.78, 5) is 37.6. The van der Waals surface area contributed by atoms with E-state index in [0.717, 1.165) is 0 Å². The molecule has 6 heteroatoms. The lowest BCUT2D eigenvalue weighted by atomic mass is 10.1. The third kappa shape index (κ3) is 2.40. The molecule has 2 aromatic rings. The summed E-state index contributed by atoms with van der Waals surface area (Å²) in [5.74, 6) is -1.32. The number of rotatable bonds is 4. The number of aliphatic carboxylic acids is 1. The standard InChI is InChI=1S/C15H14N2O4/c18-12-7-10(9-3-1-2-4-11(9)17-12)13(19)16-8-15(5-6-15)14(20)21/h1-4,7H,5-6,8H2,(H,16,19)(H,17,18)(H,20,21). The summed E-state index contributed by atoms with van der Waals surface area (Å²) >= 11 is 0. The van der Waals surface area contributed by atoms with Gasteiger partial charge in [0, 0.05) is 23.5 Å². The molecular formula is C15H14N2O4. The van der Waals surface area contributed by atoms with E-state index < -0.39 is 17.3 Å². The lowest BCUT2D eigenvalue weighted by Gasteiger charge is -2.12. The summed E-state index contributed by atoms with van der Waals surface area (Å²) in [7, 11) is 0. The minimum atomic E-state index is -0.890. The van der Waals surface area contributed by atoms with Crippen LogP contribution in [0.1, 0.15) is 23.2 Å². The van der Waals surface area contributed by atoms with Crippen LogP contribution in [0.5, 0.6) is 0 Å². The first-order chi connectivity index (χ1) is 10.0. The van der Waals surface area contributed by atoms with E-state index in [4.69, 9.17) is 5.11 Å². The summed E-state index contributed by atoms with van der Waals surface area (Å²) in [6.45, 7) is 0.0856. The van der Waals surface area contributed by atoms with Gasteiger partial charge in [-0.05, 0) is 18.9 Å². The number of aromatic amines is 1. The van der Waals surface area contributed by atoms with Gasteiger partial charge in [0.1, 0.15) is 0 Å². The molecule has 1 heterocycles. The van der Waals surface area contributed by atoms with E-state index in [1.165, 1.54) is 6.07 Å². The van der Waals surface area contributed by atoms with Gasteiger partial charge >= 0.3 is 5.97 Å². The highest BCUT2D eigenvalue weighted by molar-refractivity contribution is 6.06. The maximum Gasteiger partial charge on any atom is 0.311 e. The number of hydrogen-bond acceptors (Lipinski definition) is 3. The second-order valence-electron chi connectivity index (χ2n) is 5.36. The van der Waals surface area contributed by atoms with Gasteiger partial charge in [-0.2, -0.15) is 0 Å². The second-order valence-corrected chi connectivity index (χ2v) is 5.36. The van der Waals surface area contributed by atoms with Gasteiger partial charge in [-0.1, -0.05) is 18.2 Å². The molecule has 108 valence electrons. The number of H-pyrrole nitrogens is 1. The van der Waals surface area contributed by atoms with Crippen molar-refractivity contribution in [3.63, 3.8) is 0 Å². The molecule has 0 spiro atoms. The van der Waals surface area contributed by atoms with Crippen LogP contribution in [0.15, 0.2) is 35.1 Å². The highest BCUT2D eigenvalue weighted by Gasteiger charge is 2.50. The number of benzene rings is 1. The van der Waals surface area contributed by atoms with E-state index in [-0.39, 0.29) is 17.7 Å². The molecule has 0 saturated heterocycles. The Balaban J connectivity index is 1.88. The van der Waals surface area contributed by atoms with Crippen LogP contribution in [0.4, 0.5) is 0 Å². The van der Waals surface area contributed by atoms with Gasteiger partial charge in [0.15, 0.2) is 0 Å². The fourth-order valence-corrected chi connectivity index (χ4v) is 2.35. The first-order valence-electron chi connectivity index (χ1n) is 6.65. The molecule has 1 amide bonds. The van der Waals surface area contributed by atoms with Crippen LogP contribution in [0.3, 0.4) is 0 Å². The van der Waals surface area contributed by atoms with E-state index in [0.29, 0.717) is 23.7 Å². The number of aromatic nitrogens is 1. The first-order valence-corrected chi connectivity index (χ1v) is 6.65. The minimum absolute atomic E-state index is 0.0856. The van der Waals surface area contributed by atoms with Crippen molar-refractivity contribution in [1.82, 2.24) is 10.3 Å². The van der Waals surface area contributed by atoms with Crippen LogP contribution in [0, 0.1) is 5.41 Å². The highest BCUT2D eigenvalue weighted by atomic mass is 16.4. The van der Waals surface area contributed by atoms with Gasteiger partial charge in [-0.15, -0.1) is 0 Å². The molecule has 1 saturated carbocycles. The molecule has 1 aliphatic carbocycles. The van der Waals surface area contributed by atoms with Crippen molar-refractivity contribution >= 4 is 22.8 Å². The van der Waals surface area contributed by atoms with Gasteiger partial charge in [0.05, 0.1) is 11.0 Å². The number of carbonyl (C=O) groups is 2. The number of amides is 1. The third-order valence-electron chi connectivity index (χ3n) is 3.89. The quantitative estimate of drug-likeness (QED) is 0.784. The van der Waals surface area contributed by atoms with Crippen LogP contribution in [-0.4, -0.2) is 28.5 Å². The van der Waals surface area contributed by atoms with E-state index in [1.807, 2.05) is 0 Å². The zero-order chi connectivity index (χ0) is 15.0. The maximum absolute atomic E-state index is 12.3. The van der Waals surface area contributed by atoms with Crippen molar-refractivity contribution in [2.75, 3.05) is 6.54 Å². The molecule has 0 bridgehead atoms. The third-order valence-corrected chi connectivity index (χ3v) is 3.89. The lowest BCUT2D eigenvalue weighted by Crippen LogP contribution is -2.34. The van der Waals surface area contributed by atoms with Crippen LogP contribution in [0.2, 0.25) is 0 Å². The van der Waals surface area contributed by atoms with Crippen molar-refractivity contribution in [2.45, 2.75) is 12.8 Å². The Morgan fingerprint density at radius 1 is 1.29 bits per heavy atom. The van der Waals surface area contributed by atoms with E-state index >= 15 is 0 Å². The fraction of sp³-hybridized carbons (Fsp3) is 0.267. The lowest BCUT2D eigenvalue weighted by molar-refractivity contribution is -0.143. The molecular weight excluding hydrogens is 272 g/mol. The summed E-state index contributed by atoms with van der Waals surface area (Å²) in [5, 5.41) is 12.4. The number of carboxylic acid groups (broad SMARTS) is 1. The molecule has 6 nitrogen and oxygen atoms in total. The molecule has 21 heavy (non-hydrogen) atoms. The number of pyridine rings is 1. The Hall–Kier alpha value is -2.63. The Kier molecular flexibility index (Phi) is 3.01. The van der Waals surface area contributed by atoms with Gasteiger partial charge in [-0.3, -0.25) is 14.4 Å². The van der Waals surface area contributed by atoms with Gasteiger partial charge < -0.3 is 15.4 Å². The van der Waals surface area contributed by atoms with E-state index in [9.17, 15) is 14.4 Å². The number of hydrogen-bond donors (Lipinski definition) is 3. The van der Waals surface area contributed by atoms with Crippen molar-refractivity contribution in [2.24, 2.45) is 5.41 Å².